The molecule has 19 heavy (non-hydrogen) atoms. The minimum absolute atomic E-state index is 0.164. The van der Waals surface area contributed by atoms with Crippen LogP contribution in [0.1, 0.15) is 23.8 Å². The van der Waals surface area contributed by atoms with E-state index in [2.05, 4.69) is 5.32 Å². The number of carbonyl (C=O) groups excluding carboxylic acids is 1. The van der Waals surface area contributed by atoms with Crippen LogP contribution in [0, 0.1) is 0 Å². The number of ether oxygens (including phenoxy) is 1. The minimum atomic E-state index is -1.05. The van der Waals surface area contributed by atoms with E-state index in [1.54, 1.807) is 6.07 Å². The van der Waals surface area contributed by atoms with Crippen molar-refractivity contribution in [2.75, 3.05) is 13.2 Å². The summed E-state index contributed by atoms with van der Waals surface area (Å²) in [5, 5.41) is 13.5. The molecule has 0 bridgehead atoms. The number of carboxylic acid groups (broad SMARTS) is 1. The van der Waals surface area contributed by atoms with Gasteiger partial charge in [-0.15, -0.1) is 11.3 Å². The van der Waals surface area contributed by atoms with E-state index in [9.17, 15) is 9.59 Å². The van der Waals surface area contributed by atoms with Gasteiger partial charge in [-0.25, -0.2) is 0 Å². The molecule has 0 radical (unpaired) electrons. The number of rotatable bonds is 5. The van der Waals surface area contributed by atoms with Crippen LogP contribution in [0.2, 0.25) is 0 Å². The summed E-state index contributed by atoms with van der Waals surface area (Å²) in [7, 11) is 0. The van der Waals surface area contributed by atoms with Crippen molar-refractivity contribution in [3.05, 3.63) is 22.4 Å². The van der Waals surface area contributed by atoms with Crippen molar-refractivity contribution >= 4 is 23.2 Å². The van der Waals surface area contributed by atoms with Gasteiger partial charge in [-0.3, -0.25) is 9.59 Å². The summed E-state index contributed by atoms with van der Waals surface area (Å²) in [4.78, 5) is 23.8. The largest absolute Gasteiger partial charge is 0.481 e. The summed E-state index contributed by atoms with van der Waals surface area (Å²) in [6.45, 7) is 0.621. The maximum absolute atomic E-state index is 12.1. The first-order chi connectivity index (χ1) is 9.01. The molecule has 1 aliphatic heterocycles. The Kier molecular flexibility index (Phi) is 4.18. The number of thiophene rings is 1. The van der Waals surface area contributed by atoms with Crippen LogP contribution in [0.25, 0.3) is 0 Å². The molecular formula is C12H16N2O4S. The van der Waals surface area contributed by atoms with Gasteiger partial charge in [-0.2, -0.15) is 0 Å². The summed E-state index contributed by atoms with van der Waals surface area (Å²) in [6, 6.07) is 3.07. The van der Waals surface area contributed by atoms with Crippen LogP contribution in [0.5, 0.6) is 0 Å². The van der Waals surface area contributed by atoms with Gasteiger partial charge in [-0.05, 0) is 17.9 Å². The van der Waals surface area contributed by atoms with Crippen LogP contribution in [-0.2, 0) is 14.3 Å². The van der Waals surface area contributed by atoms with Gasteiger partial charge < -0.3 is 20.9 Å². The molecule has 4 N–H and O–H groups in total. The molecule has 2 heterocycles. The fourth-order valence-corrected chi connectivity index (χ4v) is 2.73. The number of hydrogen-bond acceptors (Lipinski definition) is 5. The third kappa shape index (κ3) is 3.31. The average molecular weight is 284 g/mol. The van der Waals surface area contributed by atoms with Crippen molar-refractivity contribution in [2.45, 2.75) is 24.4 Å². The van der Waals surface area contributed by atoms with Crippen molar-refractivity contribution in [2.24, 2.45) is 5.73 Å². The van der Waals surface area contributed by atoms with Gasteiger partial charge in [0.1, 0.15) is 5.54 Å². The number of carbonyl (C=O) groups is 2. The highest BCUT2D eigenvalue weighted by atomic mass is 32.1. The first kappa shape index (κ1) is 14.0. The van der Waals surface area contributed by atoms with Crippen LogP contribution in [-0.4, -0.2) is 35.7 Å². The van der Waals surface area contributed by atoms with Gasteiger partial charge in [0, 0.05) is 11.5 Å². The molecule has 1 saturated heterocycles. The first-order valence-corrected chi connectivity index (χ1v) is 6.82. The van der Waals surface area contributed by atoms with E-state index in [-0.39, 0.29) is 18.9 Å². The normalized spacial score (nSPS) is 24.1. The van der Waals surface area contributed by atoms with Crippen LogP contribution in [0.3, 0.4) is 0 Å². The molecule has 2 atom stereocenters. The van der Waals surface area contributed by atoms with E-state index in [4.69, 9.17) is 15.6 Å². The fourth-order valence-electron chi connectivity index (χ4n) is 1.95. The Hall–Kier alpha value is -1.44. The van der Waals surface area contributed by atoms with Crippen molar-refractivity contribution < 1.29 is 19.4 Å². The zero-order chi connectivity index (χ0) is 13.9. The second-order valence-corrected chi connectivity index (χ2v) is 5.58. The Balaban J connectivity index is 2.07. The van der Waals surface area contributed by atoms with E-state index in [1.165, 1.54) is 11.3 Å². The highest BCUT2D eigenvalue weighted by Crippen LogP contribution is 2.24. The Morgan fingerprint density at radius 1 is 1.63 bits per heavy atom. The van der Waals surface area contributed by atoms with Crippen LogP contribution in [0.4, 0.5) is 0 Å². The smallest absolute Gasteiger partial charge is 0.305 e. The van der Waals surface area contributed by atoms with Gasteiger partial charge in [-0.1, -0.05) is 6.07 Å². The van der Waals surface area contributed by atoms with Gasteiger partial charge in [0.15, 0.2) is 0 Å². The quantitative estimate of drug-likeness (QED) is 0.730. The monoisotopic (exact) mass is 284 g/mol. The van der Waals surface area contributed by atoms with Crippen molar-refractivity contribution in [3.8, 4) is 0 Å². The van der Waals surface area contributed by atoms with Crippen LogP contribution >= 0.6 is 11.3 Å². The molecule has 1 amide bonds. The standard InChI is InChI=1S/C12H16N2O4S/c13-12(3-4-18-7-12)11(17)14-8(6-10(15)16)9-2-1-5-19-9/h1-2,5,8H,3-4,6-7,13H2,(H,14,17)(H,15,16). The molecule has 0 aliphatic carbocycles. The molecule has 0 aromatic carbocycles. The van der Waals surface area contributed by atoms with E-state index < -0.39 is 17.6 Å². The van der Waals surface area contributed by atoms with Crippen LogP contribution in [0.15, 0.2) is 17.5 Å². The second kappa shape index (κ2) is 5.68. The summed E-state index contributed by atoms with van der Waals surface area (Å²) in [6.07, 6.45) is 0.284. The Morgan fingerprint density at radius 2 is 2.42 bits per heavy atom. The Morgan fingerprint density at radius 3 is 2.95 bits per heavy atom. The molecule has 2 unspecified atom stereocenters. The zero-order valence-corrected chi connectivity index (χ0v) is 11.1. The number of nitrogens with two attached hydrogens (primary N) is 1. The highest BCUT2D eigenvalue weighted by molar-refractivity contribution is 7.10. The van der Waals surface area contributed by atoms with Crippen molar-refractivity contribution in [1.82, 2.24) is 5.32 Å². The van der Waals surface area contributed by atoms with E-state index in [0.29, 0.717) is 13.0 Å². The summed E-state index contributed by atoms with van der Waals surface area (Å²) in [5.74, 6) is -1.32. The predicted octanol–water partition coefficient (Wildman–Crippen LogP) is 0.498. The molecule has 1 fully saturated rings. The van der Waals surface area contributed by atoms with E-state index in [0.717, 1.165) is 4.88 Å². The lowest BCUT2D eigenvalue weighted by atomic mass is 9.98. The summed E-state index contributed by atoms with van der Waals surface area (Å²) < 4.78 is 5.14. The maximum Gasteiger partial charge on any atom is 0.305 e. The minimum Gasteiger partial charge on any atom is -0.481 e. The lowest BCUT2D eigenvalue weighted by molar-refractivity contribution is -0.138. The van der Waals surface area contributed by atoms with Crippen molar-refractivity contribution in [3.63, 3.8) is 0 Å². The number of aliphatic carboxylic acids is 1. The van der Waals surface area contributed by atoms with Gasteiger partial charge >= 0.3 is 5.97 Å². The topological polar surface area (TPSA) is 102 Å². The summed E-state index contributed by atoms with van der Waals surface area (Å²) >= 11 is 1.41. The third-order valence-electron chi connectivity index (χ3n) is 3.08. The first-order valence-electron chi connectivity index (χ1n) is 5.94. The van der Waals surface area contributed by atoms with Gasteiger partial charge in [0.05, 0.1) is 19.1 Å². The third-order valence-corrected chi connectivity index (χ3v) is 4.06. The maximum atomic E-state index is 12.1. The number of carboxylic acids is 1. The summed E-state index contributed by atoms with van der Waals surface area (Å²) in [5.41, 5.74) is 4.91. The molecule has 1 aliphatic rings. The van der Waals surface area contributed by atoms with Gasteiger partial charge in [0.25, 0.3) is 0 Å². The predicted molar refractivity (Wildman–Crippen MR) is 69.8 cm³/mol. The molecule has 2 rings (SSSR count). The molecule has 7 heteroatoms. The Labute approximate surface area is 114 Å². The van der Waals surface area contributed by atoms with Gasteiger partial charge in [0.2, 0.25) is 5.91 Å². The SMILES string of the molecule is NC1(C(=O)NC(CC(=O)O)c2cccs2)CCOC1. The van der Waals surface area contributed by atoms with E-state index >= 15 is 0 Å². The number of amides is 1. The zero-order valence-electron chi connectivity index (χ0n) is 10.3. The average Bonchev–Trinajstić information content (AvgIpc) is 2.98. The fraction of sp³-hybridized carbons (Fsp3) is 0.500. The molecule has 1 aromatic rings. The highest BCUT2D eigenvalue weighted by Gasteiger charge is 2.39. The molecule has 0 spiro atoms. The lowest BCUT2D eigenvalue weighted by Crippen LogP contribution is -2.55. The Bertz CT molecular complexity index is 454. The second-order valence-electron chi connectivity index (χ2n) is 4.60. The molecule has 0 saturated carbocycles. The van der Waals surface area contributed by atoms with Crippen molar-refractivity contribution in [1.29, 1.82) is 0 Å². The molecule has 6 nitrogen and oxygen atoms in total. The molecular weight excluding hydrogens is 268 g/mol. The number of nitrogens with one attached hydrogen (secondary N) is 1. The number of hydrogen-bond donors (Lipinski definition) is 3. The molecule has 104 valence electrons. The van der Waals surface area contributed by atoms with E-state index in [1.807, 2.05) is 11.4 Å². The molecule has 1 aromatic heterocycles. The van der Waals surface area contributed by atoms with Crippen LogP contribution < -0.4 is 11.1 Å². The lowest BCUT2D eigenvalue weighted by Gasteiger charge is -2.24.